The number of fused-ring (bicyclic) bond motifs is 1. The van der Waals surface area contributed by atoms with Crippen LogP contribution in [0, 0.1) is 5.41 Å². The third kappa shape index (κ3) is 3.93. The predicted octanol–water partition coefficient (Wildman–Crippen LogP) is 4.63. The van der Waals surface area contributed by atoms with Gasteiger partial charge in [-0.2, -0.15) is 0 Å². The zero-order chi connectivity index (χ0) is 22.0. The number of imidazole rings is 1. The molecule has 0 spiro atoms. The predicted molar refractivity (Wildman–Crippen MR) is 124 cm³/mol. The molecule has 1 amide bonds. The fraction of sp³-hybridized carbons (Fsp3) is 0.308. The van der Waals surface area contributed by atoms with Gasteiger partial charge >= 0.3 is 0 Å². The summed E-state index contributed by atoms with van der Waals surface area (Å²) in [6.45, 7) is 4.01. The van der Waals surface area contributed by atoms with E-state index in [-0.39, 0.29) is 18.4 Å². The van der Waals surface area contributed by atoms with Gasteiger partial charge in [0.1, 0.15) is 0 Å². The summed E-state index contributed by atoms with van der Waals surface area (Å²) in [5.74, 6) is -0.0541. The molecule has 0 saturated heterocycles. The van der Waals surface area contributed by atoms with Crippen LogP contribution in [-0.4, -0.2) is 27.4 Å². The summed E-state index contributed by atoms with van der Waals surface area (Å²) in [6.07, 6.45) is 12.5. The Labute approximate surface area is 183 Å². The highest BCUT2D eigenvalue weighted by Crippen LogP contribution is 2.43. The minimum atomic E-state index is -0.616. The molecular weight excluding hydrogens is 386 g/mol. The molecule has 2 N–H and O–H groups in total. The lowest BCUT2D eigenvalue weighted by molar-refractivity contribution is -0.129. The minimum Gasteiger partial charge on any atom is -0.392 e. The number of amides is 1. The molecule has 0 saturated carbocycles. The second-order valence-electron chi connectivity index (χ2n) is 8.62. The summed E-state index contributed by atoms with van der Waals surface area (Å²) in [5.41, 5.74) is 5.33. The summed E-state index contributed by atoms with van der Waals surface area (Å²) in [4.78, 5) is 17.4. The van der Waals surface area contributed by atoms with Gasteiger partial charge in [0.25, 0.3) is 0 Å². The highest BCUT2D eigenvalue weighted by atomic mass is 16.3. The van der Waals surface area contributed by atoms with Gasteiger partial charge in [-0.25, -0.2) is 4.98 Å². The van der Waals surface area contributed by atoms with Crippen molar-refractivity contribution in [3.05, 3.63) is 83.9 Å². The smallest absolute Gasteiger partial charge is 0.226 e. The molecule has 1 aliphatic carbocycles. The largest absolute Gasteiger partial charge is 0.392 e. The lowest BCUT2D eigenvalue weighted by atomic mass is 9.69. The Morgan fingerprint density at radius 1 is 1.26 bits per heavy atom. The van der Waals surface area contributed by atoms with E-state index in [1.165, 1.54) is 5.57 Å². The van der Waals surface area contributed by atoms with Crippen molar-refractivity contribution in [1.29, 1.82) is 0 Å². The Kier molecular flexibility index (Phi) is 5.79. The number of nitrogens with zero attached hydrogens (tertiary/aromatic N) is 2. The van der Waals surface area contributed by atoms with E-state index < -0.39 is 5.41 Å². The molecule has 1 atom stereocenters. The van der Waals surface area contributed by atoms with E-state index in [0.29, 0.717) is 0 Å². The molecule has 31 heavy (non-hydrogen) atoms. The molecule has 1 unspecified atom stereocenters. The van der Waals surface area contributed by atoms with Crippen molar-refractivity contribution in [1.82, 2.24) is 14.7 Å². The number of nitrogens with one attached hydrogen (secondary N) is 1. The molecule has 0 radical (unpaired) electrons. The SMILES string of the molecule is CNC(=O)C(C)(C)C(C1=CCCC=C1)c1ccc2c(-c3cccc(CO)c3)ncn2c1. The first-order valence-corrected chi connectivity index (χ1v) is 10.7. The maximum atomic E-state index is 12.8. The number of carbonyl (C=O) groups is 1. The van der Waals surface area contributed by atoms with Crippen LogP contribution in [0.4, 0.5) is 0 Å². The molecule has 0 aliphatic heterocycles. The van der Waals surface area contributed by atoms with Crippen LogP contribution in [0.2, 0.25) is 0 Å². The van der Waals surface area contributed by atoms with Crippen molar-refractivity contribution in [2.75, 3.05) is 7.05 Å². The van der Waals surface area contributed by atoms with Crippen molar-refractivity contribution in [3.8, 4) is 11.3 Å². The van der Waals surface area contributed by atoms with Gasteiger partial charge in [0.2, 0.25) is 5.91 Å². The summed E-state index contributed by atoms with van der Waals surface area (Å²) in [6, 6.07) is 12.0. The van der Waals surface area contributed by atoms with E-state index in [1.807, 2.05) is 48.8 Å². The quantitative estimate of drug-likeness (QED) is 0.617. The van der Waals surface area contributed by atoms with Crippen LogP contribution in [0.3, 0.4) is 0 Å². The molecule has 5 nitrogen and oxygen atoms in total. The number of aromatic nitrogens is 2. The van der Waals surface area contributed by atoms with Gasteiger partial charge in [-0.05, 0) is 41.7 Å². The van der Waals surface area contributed by atoms with Gasteiger partial charge in [-0.15, -0.1) is 0 Å². The Morgan fingerprint density at radius 2 is 2.10 bits per heavy atom. The summed E-state index contributed by atoms with van der Waals surface area (Å²) in [5, 5.41) is 12.3. The molecule has 160 valence electrons. The number of allylic oxidation sites excluding steroid dienone is 4. The number of aliphatic hydroxyl groups excluding tert-OH is 1. The van der Waals surface area contributed by atoms with E-state index in [2.05, 4.69) is 46.9 Å². The van der Waals surface area contributed by atoms with Crippen LogP contribution in [0.5, 0.6) is 0 Å². The van der Waals surface area contributed by atoms with Crippen LogP contribution in [0.25, 0.3) is 16.8 Å². The summed E-state index contributed by atoms with van der Waals surface area (Å²) < 4.78 is 2.02. The van der Waals surface area contributed by atoms with Crippen LogP contribution >= 0.6 is 0 Å². The molecule has 1 aromatic carbocycles. The third-order valence-corrected chi connectivity index (χ3v) is 6.16. The molecule has 0 fully saturated rings. The van der Waals surface area contributed by atoms with E-state index in [1.54, 1.807) is 7.05 Å². The monoisotopic (exact) mass is 415 g/mol. The normalized spacial score (nSPS) is 15.0. The van der Waals surface area contributed by atoms with Gasteiger partial charge in [0.05, 0.1) is 29.6 Å². The van der Waals surface area contributed by atoms with E-state index in [4.69, 9.17) is 0 Å². The van der Waals surface area contributed by atoms with Gasteiger partial charge in [0, 0.05) is 24.7 Å². The molecule has 3 aromatic rings. The number of rotatable bonds is 6. The van der Waals surface area contributed by atoms with Crippen LogP contribution in [-0.2, 0) is 11.4 Å². The maximum absolute atomic E-state index is 12.8. The van der Waals surface area contributed by atoms with Crippen molar-refractivity contribution in [3.63, 3.8) is 0 Å². The number of hydrogen-bond acceptors (Lipinski definition) is 3. The molecule has 0 bridgehead atoms. The molecule has 4 rings (SSSR count). The first-order valence-electron chi connectivity index (χ1n) is 10.7. The number of pyridine rings is 1. The van der Waals surface area contributed by atoms with Gasteiger partial charge < -0.3 is 14.8 Å². The average molecular weight is 416 g/mol. The van der Waals surface area contributed by atoms with Crippen molar-refractivity contribution < 1.29 is 9.90 Å². The van der Waals surface area contributed by atoms with Crippen molar-refractivity contribution >= 4 is 11.4 Å². The first-order chi connectivity index (χ1) is 15.0. The van der Waals surface area contributed by atoms with Crippen LogP contribution in [0.15, 0.2) is 72.7 Å². The van der Waals surface area contributed by atoms with Crippen LogP contribution < -0.4 is 5.32 Å². The number of hydrogen-bond donors (Lipinski definition) is 2. The Balaban J connectivity index is 1.80. The zero-order valence-electron chi connectivity index (χ0n) is 18.3. The Hall–Kier alpha value is -3.18. The number of carbonyl (C=O) groups excluding carboxylic acids is 1. The zero-order valence-corrected chi connectivity index (χ0v) is 18.3. The number of benzene rings is 1. The lowest BCUT2D eigenvalue weighted by Gasteiger charge is -2.35. The van der Waals surface area contributed by atoms with Gasteiger partial charge in [-0.1, -0.05) is 56.3 Å². The second kappa shape index (κ2) is 8.52. The topological polar surface area (TPSA) is 66.6 Å². The van der Waals surface area contributed by atoms with Gasteiger partial charge in [0.15, 0.2) is 0 Å². The standard InChI is InChI=1S/C26H29N3O2/c1-26(2,25(31)27-3)23(19-9-5-4-6-10-19)21-12-13-22-24(28-17-29(22)15-21)20-11-7-8-18(14-20)16-30/h5,7-15,17,23,30H,4,6,16H2,1-3H3,(H,27,31). The molecular formula is C26H29N3O2. The fourth-order valence-corrected chi connectivity index (χ4v) is 4.55. The molecule has 1 aliphatic rings. The van der Waals surface area contributed by atoms with Crippen molar-refractivity contribution in [2.24, 2.45) is 5.41 Å². The Bertz CT molecular complexity index is 1170. The fourth-order valence-electron chi connectivity index (χ4n) is 4.55. The highest BCUT2D eigenvalue weighted by Gasteiger charge is 2.39. The van der Waals surface area contributed by atoms with Gasteiger partial charge in [-0.3, -0.25) is 4.79 Å². The minimum absolute atomic E-state index is 0.00264. The Morgan fingerprint density at radius 3 is 2.81 bits per heavy atom. The van der Waals surface area contributed by atoms with Crippen molar-refractivity contribution in [2.45, 2.75) is 39.2 Å². The summed E-state index contributed by atoms with van der Waals surface area (Å²) in [7, 11) is 1.69. The maximum Gasteiger partial charge on any atom is 0.226 e. The third-order valence-electron chi connectivity index (χ3n) is 6.16. The average Bonchev–Trinajstić information content (AvgIpc) is 3.22. The molecule has 2 aromatic heterocycles. The first kappa shape index (κ1) is 21.1. The number of aliphatic hydroxyl groups is 1. The van der Waals surface area contributed by atoms with E-state index in [0.717, 1.165) is 40.7 Å². The summed E-state index contributed by atoms with van der Waals surface area (Å²) >= 11 is 0. The van der Waals surface area contributed by atoms with E-state index in [9.17, 15) is 9.90 Å². The lowest BCUT2D eigenvalue weighted by Crippen LogP contribution is -2.40. The molecule has 2 heterocycles. The highest BCUT2D eigenvalue weighted by molar-refractivity contribution is 5.84. The second-order valence-corrected chi connectivity index (χ2v) is 8.62. The van der Waals surface area contributed by atoms with Crippen LogP contribution in [0.1, 0.15) is 43.7 Å². The molecule has 5 heteroatoms. The van der Waals surface area contributed by atoms with E-state index >= 15 is 0 Å².